The van der Waals surface area contributed by atoms with E-state index in [1.54, 1.807) is 5.38 Å². The molecular formula is C11H11N3O4S. The quantitative estimate of drug-likeness (QED) is 0.863. The summed E-state index contributed by atoms with van der Waals surface area (Å²) in [6.45, 7) is 0. The van der Waals surface area contributed by atoms with Crippen molar-refractivity contribution in [2.45, 2.75) is 12.8 Å². The third-order valence-corrected chi connectivity index (χ3v) is 3.48. The predicted molar refractivity (Wildman–Crippen MR) is 69.3 cm³/mol. The molecule has 0 atom stereocenters. The minimum absolute atomic E-state index is 0.0641. The van der Waals surface area contributed by atoms with Crippen LogP contribution in [0.1, 0.15) is 22.5 Å². The van der Waals surface area contributed by atoms with Crippen molar-refractivity contribution in [1.82, 2.24) is 5.01 Å². The zero-order chi connectivity index (χ0) is 14.0. The molecule has 0 spiro atoms. The van der Waals surface area contributed by atoms with E-state index in [4.69, 9.17) is 5.11 Å². The van der Waals surface area contributed by atoms with Crippen molar-refractivity contribution in [2.24, 2.45) is 5.10 Å². The lowest BCUT2D eigenvalue weighted by Crippen LogP contribution is -2.34. The van der Waals surface area contributed by atoms with Crippen molar-refractivity contribution < 1.29 is 19.5 Å². The number of carbonyl (C=O) groups is 3. The van der Waals surface area contributed by atoms with E-state index >= 15 is 0 Å². The number of nitrogens with one attached hydrogen (secondary N) is 1. The molecule has 1 aliphatic heterocycles. The van der Waals surface area contributed by atoms with Crippen LogP contribution in [0.3, 0.4) is 0 Å². The van der Waals surface area contributed by atoms with Crippen molar-refractivity contribution in [1.29, 1.82) is 0 Å². The molecule has 1 aliphatic rings. The molecule has 8 heteroatoms. The van der Waals surface area contributed by atoms with Gasteiger partial charge < -0.3 is 10.4 Å². The van der Waals surface area contributed by atoms with Gasteiger partial charge in [-0.2, -0.15) is 5.10 Å². The van der Waals surface area contributed by atoms with Gasteiger partial charge in [-0.05, 0) is 11.4 Å². The van der Waals surface area contributed by atoms with Crippen LogP contribution in [-0.4, -0.2) is 40.7 Å². The Hall–Kier alpha value is -2.22. The average Bonchev–Trinajstić information content (AvgIpc) is 2.80. The van der Waals surface area contributed by atoms with Gasteiger partial charge in [-0.15, -0.1) is 11.3 Å². The molecule has 0 radical (unpaired) electrons. The molecule has 0 fully saturated rings. The number of amides is 2. The highest BCUT2D eigenvalue weighted by Crippen LogP contribution is 2.22. The Morgan fingerprint density at radius 1 is 1.47 bits per heavy atom. The summed E-state index contributed by atoms with van der Waals surface area (Å²) in [5, 5.41) is 18.0. The van der Waals surface area contributed by atoms with E-state index in [0.717, 1.165) is 16.3 Å². The number of hydrogen-bond acceptors (Lipinski definition) is 5. The van der Waals surface area contributed by atoms with Crippen LogP contribution in [0.4, 0.5) is 5.69 Å². The van der Waals surface area contributed by atoms with E-state index in [-0.39, 0.29) is 35.0 Å². The second-order valence-electron chi connectivity index (χ2n) is 3.89. The highest BCUT2D eigenvalue weighted by atomic mass is 32.1. The fourth-order valence-electron chi connectivity index (χ4n) is 1.60. The van der Waals surface area contributed by atoms with Crippen LogP contribution in [0.2, 0.25) is 0 Å². The predicted octanol–water partition coefficient (Wildman–Crippen LogP) is 0.993. The average molecular weight is 281 g/mol. The fraction of sp³-hybridized carbons (Fsp3) is 0.273. The molecule has 1 aromatic rings. The molecule has 0 saturated heterocycles. The van der Waals surface area contributed by atoms with Gasteiger partial charge in [-0.25, -0.2) is 9.80 Å². The number of thiophene rings is 1. The highest BCUT2D eigenvalue weighted by molar-refractivity contribution is 7.12. The van der Waals surface area contributed by atoms with Crippen LogP contribution in [0.15, 0.2) is 16.5 Å². The third-order valence-electron chi connectivity index (χ3n) is 2.58. The number of carbonyl (C=O) groups excluding carboxylic acids is 2. The van der Waals surface area contributed by atoms with Crippen LogP contribution in [0.25, 0.3) is 0 Å². The van der Waals surface area contributed by atoms with E-state index in [0.29, 0.717) is 0 Å². The van der Waals surface area contributed by atoms with E-state index in [9.17, 15) is 14.4 Å². The smallest absolute Gasteiger partial charge is 0.348 e. The molecule has 2 amide bonds. The molecule has 0 aliphatic carbocycles. The van der Waals surface area contributed by atoms with Crippen LogP contribution in [0.5, 0.6) is 0 Å². The van der Waals surface area contributed by atoms with Crippen LogP contribution < -0.4 is 5.32 Å². The van der Waals surface area contributed by atoms with Crippen molar-refractivity contribution >= 4 is 40.5 Å². The summed E-state index contributed by atoms with van der Waals surface area (Å²) < 4.78 is 0. The molecule has 0 bridgehead atoms. The Bertz CT molecular complexity index is 578. The summed E-state index contributed by atoms with van der Waals surface area (Å²) >= 11 is 1.03. The minimum Gasteiger partial charge on any atom is -0.477 e. The van der Waals surface area contributed by atoms with Crippen LogP contribution >= 0.6 is 11.3 Å². The number of carboxylic acid groups (broad SMARTS) is 1. The molecule has 2 heterocycles. The third kappa shape index (κ3) is 2.79. The zero-order valence-electron chi connectivity index (χ0n) is 10.0. The van der Waals surface area contributed by atoms with E-state index in [1.807, 2.05) is 0 Å². The van der Waals surface area contributed by atoms with Gasteiger partial charge in [0.25, 0.3) is 5.91 Å². The van der Waals surface area contributed by atoms with Gasteiger partial charge in [0, 0.05) is 19.9 Å². The minimum atomic E-state index is -1.09. The summed E-state index contributed by atoms with van der Waals surface area (Å²) in [5.74, 6) is -1.73. The maximum Gasteiger partial charge on any atom is 0.348 e. The Balaban J connectivity index is 2.14. The summed E-state index contributed by atoms with van der Waals surface area (Å²) in [7, 11) is 1.47. The Kier molecular flexibility index (Phi) is 3.61. The van der Waals surface area contributed by atoms with Gasteiger partial charge in [0.05, 0.1) is 5.69 Å². The second kappa shape index (κ2) is 5.19. The summed E-state index contributed by atoms with van der Waals surface area (Å²) in [4.78, 5) is 34.1. The van der Waals surface area contributed by atoms with Gasteiger partial charge in [-0.1, -0.05) is 0 Å². The summed E-state index contributed by atoms with van der Waals surface area (Å²) in [6.07, 6.45) is 0.472. The molecule has 19 heavy (non-hydrogen) atoms. The molecule has 100 valence electrons. The van der Waals surface area contributed by atoms with Gasteiger partial charge in [0.2, 0.25) is 5.91 Å². The maximum atomic E-state index is 11.9. The van der Waals surface area contributed by atoms with Gasteiger partial charge >= 0.3 is 5.97 Å². The highest BCUT2D eigenvalue weighted by Gasteiger charge is 2.23. The monoisotopic (exact) mass is 281 g/mol. The number of hydrogen-bond donors (Lipinski definition) is 2. The van der Waals surface area contributed by atoms with Crippen LogP contribution in [-0.2, 0) is 9.59 Å². The van der Waals surface area contributed by atoms with Crippen molar-refractivity contribution in [3.8, 4) is 0 Å². The zero-order valence-corrected chi connectivity index (χ0v) is 10.9. The first-order valence-corrected chi connectivity index (χ1v) is 6.33. The molecular weight excluding hydrogens is 270 g/mol. The first-order valence-electron chi connectivity index (χ1n) is 5.45. The molecule has 0 aromatic carbocycles. The van der Waals surface area contributed by atoms with Crippen molar-refractivity contribution in [3.05, 3.63) is 16.3 Å². The summed E-state index contributed by atoms with van der Waals surface area (Å²) in [5.41, 5.74) is 0.453. The fourth-order valence-corrected chi connectivity index (χ4v) is 2.29. The van der Waals surface area contributed by atoms with Gasteiger partial charge in [0.1, 0.15) is 10.6 Å². The molecule has 0 unspecified atom stereocenters. The van der Waals surface area contributed by atoms with Crippen molar-refractivity contribution in [3.63, 3.8) is 0 Å². The summed E-state index contributed by atoms with van der Waals surface area (Å²) in [6, 6.07) is 1.52. The Morgan fingerprint density at radius 2 is 2.21 bits per heavy atom. The molecule has 1 aromatic heterocycles. The lowest BCUT2D eigenvalue weighted by molar-refractivity contribution is -0.130. The Morgan fingerprint density at radius 3 is 2.84 bits per heavy atom. The number of carboxylic acids is 1. The SMILES string of the molecule is CN1N=C(C(=O)Nc2ccsc2C(=O)O)CCC1=O. The topological polar surface area (TPSA) is 99.1 Å². The Labute approximate surface area is 112 Å². The standard InChI is InChI=1S/C11H11N3O4S/c1-14-8(15)3-2-7(13-14)10(16)12-6-4-5-19-9(6)11(17)18/h4-5H,2-3H2,1H3,(H,12,16)(H,17,18). The van der Waals surface area contributed by atoms with Crippen LogP contribution in [0, 0.1) is 0 Å². The van der Waals surface area contributed by atoms with E-state index in [1.165, 1.54) is 13.1 Å². The number of hydrazone groups is 1. The first kappa shape index (κ1) is 13.2. The second-order valence-corrected chi connectivity index (χ2v) is 4.80. The normalized spacial score (nSPS) is 15.1. The van der Waals surface area contributed by atoms with Gasteiger partial charge in [-0.3, -0.25) is 9.59 Å². The molecule has 2 rings (SSSR count). The lowest BCUT2D eigenvalue weighted by Gasteiger charge is -2.18. The number of rotatable bonds is 3. The van der Waals surface area contributed by atoms with Gasteiger partial charge in [0.15, 0.2) is 0 Å². The lowest BCUT2D eigenvalue weighted by atomic mass is 10.1. The largest absolute Gasteiger partial charge is 0.477 e. The molecule has 2 N–H and O–H groups in total. The number of nitrogens with zero attached hydrogens (tertiary/aromatic N) is 2. The molecule has 0 saturated carbocycles. The molecule has 7 nitrogen and oxygen atoms in total. The maximum absolute atomic E-state index is 11.9. The van der Waals surface area contributed by atoms with E-state index in [2.05, 4.69) is 10.4 Å². The number of anilines is 1. The van der Waals surface area contributed by atoms with E-state index < -0.39 is 11.9 Å². The van der Waals surface area contributed by atoms with Crippen molar-refractivity contribution in [2.75, 3.05) is 12.4 Å². The first-order chi connectivity index (χ1) is 8.99. The number of aromatic carboxylic acids is 1.